The molecule has 3 rings (SSSR count). The van der Waals surface area contributed by atoms with Gasteiger partial charge in [0.25, 0.3) is 0 Å². The van der Waals surface area contributed by atoms with Crippen LogP contribution in [-0.4, -0.2) is 75.8 Å². The lowest BCUT2D eigenvalue weighted by Gasteiger charge is -2.34. The number of ether oxygens (including phenoxy) is 1. The molecular formula is C15H19FN6O2. The van der Waals surface area contributed by atoms with Gasteiger partial charge in [-0.2, -0.15) is 4.68 Å². The number of tetrazole rings is 1. The Balaban J connectivity index is 1.61. The molecule has 1 aliphatic heterocycles. The second kappa shape index (κ2) is 7.45. The molecular weight excluding hydrogens is 315 g/mol. The van der Waals surface area contributed by atoms with Gasteiger partial charge < -0.3 is 9.64 Å². The number of hydrogen-bond acceptors (Lipinski definition) is 6. The predicted molar refractivity (Wildman–Crippen MR) is 82.8 cm³/mol. The van der Waals surface area contributed by atoms with Crippen LogP contribution in [0.4, 0.5) is 4.39 Å². The van der Waals surface area contributed by atoms with Crippen LogP contribution in [0.5, 0.6) is 0 Å². The Morgan fingerprint density at radius 3 is 2.58 bits per heavy atom. The zero-order chi connectivity index (χ0) is 16.9. The Hall–Kier alpha value is -2.39. The van der Waals surface area contributed by atoms with Gasteiger partial charge in [0.15, 0.2) is 5.82 Å². The fraction of sp³-hybridized carbons (Fsp3) is 0.467. The van der Waals surface area contributed by atoms with Gasteiger partial charge in [0.05, 0.1) is 12.2 Å². The zero-order valence-electron chi connectivity index (χ0n) is 13.4. The van der Waals surface area contributed by atoms with Crippen molar-refractivity contribution in [1.29, 1.82) is 0 Å². The van der Waals surface area contributed by atoms with E-state index < -0.39 is 0 Å². The summed E-state index contributed by atoms with van der Waals surface area (Å²) in [5.41, 5.74) is 0.713. The fourth-order valence-corrected chi connectivity index (χ4v) is 2.66. The number of piperazine rings is 1. The van der Waals surface area contributed by atoms with E-state index in [1.807, 2.05) is 0 Å². The second-order valence-corrected chi connectivity index (χ2v) is 5.57. The van der Waals surface area contributed by atoms with Crippen LogP contribution < -0.4 is 0 Å². The fourth-order valence-electron chi connectivity index (χ4n) is 2.66. The van der Waals surface area contributed by atoms with Crippen molar-refractivity contribution < 1.29 is 13.9 Å². The van der Waals surface area contributed by atoms with E-state index in [1.165, 1.54) is 19.2 Å². The molecule has 1 aromatic heterocycles. The molecule has 0 atom stereocenters. The molecule has 8 nitrogen and oxygen atoms in total. The Bertz CT molecular complexity index is 682. The van der Waals surface area contributed by atoms with Crippen molar-refractivity contribution in [3.8, 4) is 5.69 Å². The number of amides is 1. The summed E-state index contributed by atoms with van der Waals surface area (Å²) in [6.45, 7) is 3.47. The van der Waals surface area contributed by atoms with Crippen LogP contribution in [0.1, 0.15) is 5.82 Å². The molecule has 0 aliphatic carbocycles. The van der Waals surface area contributed by atoms with Crippen molar-refractivity contribution in [1.82, 2.24) is 30.0 Å². The first-order valence-corrected chi connectivity index (χ1v) is 7.69. The molecule has 0 unspecified atom stereocenters. The van der Waals surface area contributed by atoms with Crippen LogP contribution in [-0.2, 0) is 16.1 Å². The first-order chi connectivity index (χ1) is 11.7. The number of carbonyl (C=O) groups is 1. The van der Waals surface area contributed by atoms with Crippen molar-refractivity contribution in [2.24, 2.45) is 0 Å². The van der Waals surface area contributed by atoms with Gasteiger partial charge in [-0.15, -0.1) is 5.10 Å². The van der Waals surface area contributed by atoms with E-state index in [2.05, 4.69) is 20.4 Å². The third-order valence-corrected chi connectivity index (χ3v) is 3.96. The van der Waals surface area contributed by atoms with Gasteiger partial charge in [0, 0.05) is 33.3 Å². The van der Waals surface area contributed by atoms with E-state index in [-0.39, 0.29) is 18.3 Å². The van der Waals surface area contributed by atoms with Crippen LogP contribution in [0.15, 0.2) is 24.3 Å². The molecule has 2 heterocycles. The van der Waals surface area contributed by atoms with Gasteiger partial charge in [0.1, 0.15) is 12.4 Å². The van der Waals surface area contributed by atoms with E-state index in [9.17, 15) is 9.18 Å². The SMILES string of the molecule is COCC(=O)N1CCN(Cc2nnnn2-c2ccc(F)cc2)CC1. The van der Waals surface area contributed by atoms with E-state index in [0.29, 0.717) is 31.1 Å². The molecule has 2 aromatic rings. The van der Waals surface area contributed by atoms with Crippen molar-refractivity contribution in [3.63, 3.8) is 0 Å². The Labute approximate surface area is 138 Å². The summed E-state index contributed by atoms with van der Waals surface area (Å²) in [5.74, 6) is 0.386. The molecule has 9 heteroatoms. The van der Waals surface area contributed by atoms with E-state index >= 15 is 0 Å². The quantitative estimate of drug-likeness (QED) is 0.771. The summed E-state index contributed by atoms with van der Waals surface area (Å²) in [6, 6.07) is 6.02. The average molecular weight is 334 g/mol. The summed E-state index contributed by atoms with van der Waals surface area (Å²) < 4.78 is 19.5. The van der Waals surface area contributed by atoms with Crippen molar-refractivity contribution >= 4 is 5.91 Å². The molecule has 1 aliphatic rings. The number of aromatic nitrogens is 4. The maximum absolute atomic E-state index is 13.0. The van der Waals surface area contributed by atoms with Crippen LogP contribution >= 0.6 is 0 Å². The molecule has 24 heavy (non-hydrogen) atoms. The molecule has 0 N–H and O–H groups in total. The first-order valence-electron chi connectivity index (χ1n) is 7.69. The highest BCUT2D eigenvalue weighted by Gasteiger charge is 2.22. The minimum absolute atomic E-state index is 0.00768. The number of carbonyl (C=O) groups excluding carboxylic acids is 1. The van der Waals surface area contributed by atoms with Gasteiger partial charge in [0.2, 0.25) is 5.91 Å². The number of methoxy groups -OCH3 is 1. The summed E-state index contributed by atoms with van der Waals surface area (Å²) in [7, 11) is 1.52. The highest BCUT2D eigenvalue weighted by Crippen LogP contribution is 2.12. The smallest absolute Gasteiger partial charge is 0.248 e. The Morgan fingerprint density at radius 1 is 1.21 bits per heavy atom. The van der Waals surface area contributed by atoms with Crippen molar-refractivity contribution in [2.75, 3.05) is 39.9 Å². The van der Waals surface area contributed by atoms with Gasteiger partial charge in [-0.05, 0) is 34.7 Å². The van der Waals surface area contributed by atoms with Crippen LogP contribution in [0.3, 0.4) is 0 Å². The number of nitrogens with zero attached hydrogens (tertiary/aromatic N) is 6. The summed E-state index contributed by atoms with van der Waals surface area (Å²) in [5, 5.41) is 11.7. The average Bonchev–Trinajstić information content (AvgIpc) is 3.04. The monoisotopic (exact) mass is 334 g/mol. The normalized spacial score (nSPS) is 15.7. The zero-order valence-corrected chi connectivity index (χ0v) is 13.4. The first kappa shape index (κ1) is 16.5. The molecule has 0 saturated carbocycles. The molecule has 1 aromatic carbocycles. The molecule has 1 fully saturated rings. The molecule has 0 bridgehead atoms. The molecule has 0 radical (unpaired) electrons. The predicted octanol–water partition coefficient (Wildman–Crippen LogP) is 0.0920. The van der Waals surface area contributed by atoms with E-state index in [0.717, 1.165) is 13.1 Å². The maximum Gasteiger partial charge on any atom is 0.248 e. The minimum atomic E-state index is -0.301. The van der Waals surface area contributed by atoms with Gasteiger partial charge >= 0.3 is 0 Å². The second-order valence-electron chi connectivity index (χ2n) is 5.57. The van der Waals surface area contributed by atoms with Crippen LogP contribution in [0, 0.1) is 5.82 Å². The molecule has 0 spiro atoms. The lowest BCUT2D eigenvalue weighted by molar-refractivity contribution is -0.136. The van der Waals surface area contributed by atoms with Crippen LogP contribution in [0.2, 0.25) is 0 Å². The molecule has 1 saturated heterocycles. The largest absolute Gasteiger partial charge is 0.375 e. The summed E-state index contributed by atoms with van der Waals surface area (Å²) in [4.78, 5) is 15.8. The third-order valence-electron chi connectivity index (χ3n) is 3.96. The van der Waals surface area contributed by atoms with Gasteiger partial charge in [-0.1, -0.05) is 0 Å². The molecule has 1 amide bonds. The third kappa shape index (κ3) is 3.74. The number of benzene rings is 1. The highest BCUT2D eigenvalue weighted by atomic mass is 19.1. The Kier molecular flexibility index (Phi) is 5.11. The van der Waals surface area contributed by atoms with Gasteiger partial charge in [-0.25, -0.2) is 4.39 Å². The van der Waals surface area contributed by atoms with E-state index in [4.69, 9.17) is 4.74 Å². The number of rotatable bonds is 5. The topological polar surface area (TPSA) is 76.4 Å². The van der Waals surface area contributed by atoms with Crippen molar-refractivity contribution in [2.45, 2.75) is 6.54 Å². The lowest BCUT2D eigenvalue weighted by atomic mass is 10.3. The van der Waals surface area contributed by atoms with E-state index in [1.54, 1.807) is 21.7 Å². The lowest BCUT2D eigenvalue weighted by Crippen LogP contribution is -2.49. The highest BCUT2D eigenvalue weighted by molar-refractivity contribution is 5.77. The van der Waals surface area contributed by atoms with Crippen molar-refractivity contribution in [3.05, 3.63) is 35.9 Å². The Morgan fingerprint density at radius 2 is 1.92 bits per heavy atom. The maximum atomic E-state index is 13.0. The van der Waals surface area contributed by atoms with Crippen LogP contribution in [0.25, 0.3) is 5.69 Å². The number of halogens is 1. The number of hydrogen-bond donors (Lipinski definition) is 0. The summed E-state index contributed by atoms with van der Waals surface area (Å²) in [6.07, 6.45) is 0. The standard InChI is InChI=1S/C15H19FN6O2/c1-24-11-15(23)21-8-6-20(7-9-21)10-14-17-18-19-22(14)13-4-2-12(16)3-5-13/h2-5H,6-11H2,1H3. The summed E-state index contributed by atoms with van der Waals surface area (Å²) >= 11 is 0. The van der Waals surface area contributed by atoms with Gasteiger partial charge in [-0.3, -0.25) is 9.69 Å². The molecule has 128 valence electrons. The minimum Gasteiger partial charge on any atom is -0.375 e.